The minimum atomic E-state index is -1.42. The lowest BCUT2D eigenvalue weighted by Gasteiger charge is -2.22. The topological polar surface area (TPSA) is 180 Å². The van der Waals surface area contributed by atoms with Crippen molar-refractivity contribution in [3.63, 3.8) is 0 Å². The largest absolute Gasteiger partial charge is 0.394 e. The number of fused-ring (bicyclic) bond motifs is 1. The fraction of sp³-hybridized carbons (Fsp3) is 0.643. The highest BCUT2D eigenvalue weighted by Gasteiger charge is 2.45. The molecular formula is C14H21N5O6. The summed E-state index contributed by atoms with van der Waals surface area (Å²) in [5.74, 6) is -0.386. The SMILES string of the molecule is CC(C)C(O)c1nc2c(=O)[nH]c(N)nc2n1[C@@H]1O[C@H](CO)[C@@H](O)[C@H]1O. The normalized spacial score (nSPS) is 28.1. The highest BCUT2D eigenvalue weighted by molar-refractivity contribution is 5.71. The van der Waals surface area contributed by atoms with Crippen molar-refractivity contribution in [1.82, 2.24) is 19.5 Å². The first kappa shape index (κ1) is 17.8. The first-order valence-electron chi connectivity index (χ1n) is 7.84. The van der Waals surface area contributed by atoms with Gasteiger partial charge < -0.3 is 30.9 Å². The number of H-pyrrole nitrogens is 1. The average molecular weight is 355 g/mol. The first-order chi connectivity index (χ1) is 11.8. The zero-order chi connectivity index (χ0) is 18.5. The molecule has 2 aromatic heterocycles. The van der Waals surface area contributed by atoms with Crippen LogP contribution < -0.4 is 11.3 Å². The van der Waals surface area contributed by atoms with Gasteiger partial charge >= 0.3 is 0 Å². The summed E-state index contributed by atoms with van der Waals surface area (Å²) in [6, 6.07) is 0. The molecule has 11 heteroatoms. The van der Waals surface area contributed by atoms with Crippen LogP contribution in [0.3, 0.4) is 0 Å². The summed E-state index contributed by atoms with van der Waals surface area (Å²) in [5, 5.41) is 40.1. The molecule has 0 aromatic carbocycles. The molecule has 0 aliphatic carbocycles. The summed E-state index contributed by atoms with van der Waals surface area (Å²) >= 11 is 0. The Kier molecular flexibility index (Phi) is 4.51. The van der Waals surface area contributed by atoms with E-state index >= 15 is 0 Å². The summed E-state index contributed by atoms with van der Waals surface area (Å²) in [6.45, 7) is 2.98. The van der Waals surface area contributed by atoms with Crippen molar-refractivity contribution in [2.45, 2.75) is 44.5 Å². The molecule has 1 unspecified atom stereocenters. The van der Waals surface area contributed by atoms with Crippen LogP contribution in [0.2, 0.25) is 0 Å². The minimum Gasteiger partial charge on any atom is -0.394 e. The van der Waals surface area contributed by atoms with Gasteiger partial charge in [0.1, 0.15) is 30.2 Å². The van der Waals surface area contributed by atoms with E-state index in [9.17, 15) is 25.2 Å². The molecule has 5 atom stereocenters. The van der Waals surface area contributed by atoms with E-state index < -0.39 is 42.8 Å². The van der Waals surface area contributed by atoms with Crippen LogP contribution in [0.5, 0.6) is 0 Å². The van der Waals surface area contributed by atoms with Crippen molar-refractivity contribution in [3.8, 4) is 0 Å². The molecular weight excluding hydrogens is 334 g/mol. The number of nitrogens with one attached hydrogen (secondary N) is 1. The van der Waals surface area contributed by atoms with Gasteiger partial charge in [-0.25, -0.2) is 4.98 Å². The van der Waals surface area contributed by atoms with Crippen LogP contribution in [0.25, 0.3) is 11.2 Å². The molecule has 0 saturated carbocycles. The van der Waals surface area contributed by atoms with Gasteiger partial charge in [-0.3, -0.25) is 14.3 Å². The van der Waals surface area contributed by atoms with Crippen molar-refractivity contribution in [2.75, 3.05) is 12.3 Å². The highest BCUT2D eigenvalue weighted by Crippen LogP contribution is 2.35. The molecule has 2 aromatic rings. The van der Waals surface area contributed by atoms with E-state index in [-0.39, 0.29) is 28.9 Å². The van der Waals surface area contributed by atoms with Crippen LogP contribution in [0, 0.1) is 5.92 Å². The monoisotopic (exact) mass is 355 g/mol. The second kappa shape index (κ2) is 6.35. The van der Waals surface area contributed by atoms with E-state index in [0.717, 1.165) is 0 Å². The second-order valence-electron chi connectivity index (χ2n) is 6.38. The standard InChI is InChI=1S/C14H21N5O6/c1-4(2)7(21)11-16-6-10(17-14(15)18-12(6)24)19(11)13-9(23)8(22)5(3-20)25-13/h4-5,7-9,13,20-23H,3H2,1-2H3,(H3,15,17,18,24)/t5-,7?,8-,9-,13-/m1/s1. The molecule has 11 nitrogen and oxygen atoms in total. The zero-order valence-electron chi connectivity index (χ0n) is 13.7. The van der Waals surface area contributed by atoms with Crippen LogP contribution in [-0.4, -0.2) is 64.9 Å². The van der Waals surface area contributed by atoms with Gasteiger partial charge in [0.2, 0.25) is 5.95 Å². The zero-order valence-corrected chi connectivity index (χ0v) is 13.7. The number of ether oxygens (including phenoxy) is 1. The number of hydrogen-bond acceptors (Lipinski definition) is 9. The number of nitrogens with two attached hydrogens (primary N) is 1. The van der Waals surface area contributed by atoms with Crippen molar-refractivity contribution < 1.29 is 25.2 Å². The fourth-order valence-corrected chi connectivity index (χ4v) is 2.87. The third kappa shape index (κ3) is 2.79. The summed E-state index contributed by atoms with van der Waals surface area (Å²) in [4.78, 5) is 22.6. The molecule has 0 spiro atoms. The minimum absolute atomic E-state index is 0.00536. The van der Waals surface area contributed by atoms with Crippen molar-refractivity contribution in [1.29, 1.82) is 0 Å². The molecule has 0 radical (unpaired) electrons. The Hall–Kier alpha value is -2.05. The Labute approximate surface area is 141 Å². The van der Waals surface area contributed by atoms with E-state index in [0.29, 0.717) is 0 Å². The van der Waals surface area contributed by atoms with Gasteiger partial charge in [-0.1, -0.05) is 13.8 Å². The Balaban J connectivity index is 2.24. The number of rotatable bonds is 4. The van der Waals surface area contributed by atoms with E-state index in [1.165, 1.54) is 4.57 Å². The van der Waals surface area contributed by atoms with Crippen molar-refractivity contribution in [3.05, 3.63) is 16.2 Å². The molecule has 3 heterocycles. The van der Waals surface area contributed by atoms with E-state index in [4.69, 9.17) is 10.5 Å². The summed E-state index contributed by atoms with van der Waals surface area (Å²) in [7, 11) is 0. The highest BCUT2D eigenvalue weighted by atomic mass is 16.6. The van der Waals surface area contributed by atoms with Gasteiger partial charge in [-0.05, 0) is 5.92 Å². The molecule has 1 saturated heterocycles. The van der Waals surface area contributed by atoms with E-state index in [1.54, 1.807) is 13.8 Å². The van der Waals surface area contributed by atoms with Gasteiger partial charge in [-0.15, -0.1) is 0 Å². The third-order valence-electron chi connectivity index (χ3n) is 4.26. The maximum absolute atomic E-state index is 12.1. The van der Waals surface area contributed by atoms with E-state index in [2.05, 4.69) is 15.0 Å². The van der Waals surface area contributed by atoms with Crippen molar-refractivity contribution in [2.24, 2.45) is 5.92 Å². The molecule has 0 bridgehead atoms. The maximum Gasteiger partial charge on any atom is 0.280 e. The number of aliphatic hydroxyl groups is 4. The summed E-state index contributed by atoms with van der Waals surface area (Å²) < 4.78 is 6.75. The Morgan fingerprint density at radius 2 is 2.00 bits per heavy atom. The number of nitrogens with zero attached hydrogens (tertiary/aromatic N) is 3. The second-order valence-corrected chi connectivity index (χ2v) is 6.38. The molecule has 1 aliphatic heterocycles. The fourth-order valence-electron chi connectivity index (χ4n) is 2.87. The number of anilines is 1. The number of aromatic nitrogens is 4. The quantitative estimate of drug-likeness (QED) is 0.361. The van der Waals surface area contributed by atoms with Gasteiger partial charge in [0.15, 0.2) is 17.4 Å². The van der Waals surface area contributed by atoms with Crippen LogP contribution in [0.15, 0.2) is 4.79 Å². The lowest BCUT2D eigenvalue weighted by atomic mass is 10.1. The lowest BCUT2D eigenvalue weighted by Crippen LogP contribution is -2.33. The number of aliphatic hydroxyl groups excluding tert-OH is 4. The van der Waals surface area contributed by atoms with E-state index in [1.807, 2.05) is 0 Å². The van der Waals surface area contributed by atoms with Gasteiger partial charge in [0.05, 0.1) is 6.61 Å². The molecule has 138 valence electrons. The summed E-state index contributed by atoms with van der Waals surface area (Å²) in [6.07, 6.45) is -6.09. The number of aromatic amines is 1. The van der Waals surface area contributed by atoms with Crippen LogP contribution in [-0.2, 0) is 4.74 Å². The van der Waals surface area contributed by atoms with Crippen LogP contribution in [0.1, 0.15) is 32.0 Å². The Morgan fingerprint density at radius 1 is 1.32 bits per heavy atom. The maximum atomic E-state index is 12.1. The molecule has 0 amide bonds. The predicted octanol–water partition coefficient (Wildman–Crippen LogP) is -2.00. The predicted molar refractivity (Wildman–Crippen MR) is 85.4 cm³/mol. The Bertz CT molecular complexity index is 833. The van der Waals surface area contributed by atoms with Gasteiger partial charge in [-0.2, -0.15) is 4.98 Å². The number of hydrogen-bond donors (Lipinski definition) is 6. The molecule has 25 heavy (non-hydrogen) atoms. The van der Waals surface area contributed by atoms with Crippen molar-refractivity contribution >= 4 is 17.1 Å². The molecule has 1 fully saturated rings. The third-order valence-corrected chi connectivity index (χ3v) is 4.26. The van der Waals surface area contributed by atoms with Gasteiger partial charge in [0.25, 0.3) is 5.56 Å². The van der Waals surface area contributed by atoms with Crippen LogP contribution in [0.4, 0.5) is 5.95 Å². The van der Waals surface area contributed by atoms with Crippen LogP contribution >= 0.6 is 0 Å². The summed E-state index contributed by atoms with van der Waals surface area (Å²) in [5.41, 5.74) is 4.91. The molecule has 7 N–H and O–H groups in total. The molecule has 3 rings (SSSR count). The average Bonchev–Trinajstić information content (AvgIpc) is 3.05. The number of nitrogen functional groups attached to an aromatic ring is 1. The number of imidazole rings is 1. The smallest absolute Gasteiger partial charge is 0.280 e. The van der Waals surface area contributed by atoms with Gasteiger partial charge in [0, 0.05) is 0 Å². The first-order valence-corrected chi connectivity index (χ1v) is 7.84. The Morgan fingerprint density at radius 3 is 2.56 bits per heavy atom. The lowest BCUT2D eigenvalue weighted by molar-refractivity contribution is -0.0556. The molecule has 1 aliphatic rings.